The fraction of sp³-hybridized carbons (Fsp3) is 0.652. The zero-order valence-electron chi connectivity index (χ0n) is 15.8. The molecular formula is C23H30O2. The maximum atomic E-state index is 11.1. The molecule has 4 aliphatic rings. The van der Waals surface area contributed by atoms with E-state index in [-0.39, 0.29) is 16.7 Å². The number of carbonyl (C=O) groups excluding carboxylic acids is 1. The molecule has 0 amide bonds. The molecule has 0 spiro atoms. The van der Waals surface area contributed by atoms with Crippen LogP contribution in [0.4, 0.5) is 0 Å². The maximum absolute atomic E-state index is 11.1. The molecule has 134 valence electrons. The Morgan fingerprint density at radius 2 is 2.12 bits per heavy atom. The monoisotopic (exact) mass is 338 g/mol. The topological polar surface area (TPSA) is 26.3 Å². The smallest absolute Gasteiger partial charge is 0.120 e. The first-order valence-corrected chi connectivity index (χ1v) is 9.78. The van der Waals surface area contributed by atoms with Crippen LogP contribution >= 0.6 is 0 Å². The van der Waals surface area contributed by atoms with Crippen molar-refractivity contribution in [2.75, 3.05) is 7.11 Å². The van der Waals surface area contributed by atoms with Gasteiger partial charge in [-0.3, -0.25) is 0 Å². The summed E-state index contributed by atoms with van der Waals surface area (Å²) in [5.74, 6) is 5.53. The second kappa shape index (κ2) is 5.74. The molecule has 0 aliphatic heterocycles. The van der Waals surface area contributed by atoms with Crippen molar-refractivity contribution in [3.05, 3.63) is 41.7 Å². The van der Waals surface area contributed by atoms with Crippen LogP contribution in [-0.4, -0.2) is 13.1 Å². The Kier molecular flexibility index (Phi) is 3.88. The lowest BCUT2D eigenvalue weighted by atomic mass is 9.48. The summed E-state index contributed by atoms with van der Waals surface area (Å²) in [7, 11) is 1.79. The van der Waals surface area contributed by atoms with E-state index in [4.69, 9.17) is 4.74 Å². The Hall–Kier alpha value is -1.53. The van der Waals surface area contributed by atoms with E-state index in [2.05, 4.69) is 38.5 Å². The molecular weight excluding hydrogens is 308 g/mol. The highest BCUT2D eigenvalue weighted by Gasteiger charge is 2.58. The predicted octanol–water partition coefficient (Wildman–Crippen LogP) is 5.26. The van der Waals surface area contributed by atoms with Gasteiger partial charge >= 0.3 is 0 Å². The van der Waals surface area contributed by atoms with Crippen molar-refractivity contribution in [2.24, 2.45) is 34.5 Å². The van der Waals surface area contributed by atoms with E-state index in [1.165, 1.54) is 30.4 Å². The van der Waals surface area contributed by atoms with Crippen molar-refractivity contribution in [2.45, 2.75) is 52.4 Å². The number of ether oxygens (including phenoxy) is 1. The van der Waals surface area contributed by atoms with Crippen LogP contribution in [0.1, 0.15) is 52.4 Å². The molecule has 2 heteroatoms. The minimum atomic E-state index is 0.194. The molecule has 2 saturated carbocycles. The average molecular weight is 338 g/mol. The summed E-state index contributed by atoms with van der Waals surface area (Å²) >= 11 is 0. The summed E-state index contributed by atoms with van der Waals surface area (Å²) in [4.78, 5) is 11.1. The van der Waals surface area contributed by atoms with Crippen LogP contribution < -0.4 is 0 Å². The average Bonchev–Trinajstić information content (AvgIpc) is 2.86. The number of rotatable bonds is 2. The van der Waals surface area contributed by atoms with E-state index >= 15 is 0 Å². The molecule has 0 aromatic carbocycles. The number of hydrogen-bond donors (Lipinski definition) is 0. The summed E-state index contributed by atoms with van der Waals surface area (Å²) in [6.45, 7) is 9.21. The van der Waals surface area contributed by atoms with E-state index in [9.17, 15) is 4.79 Å². The highest BCUT2D eigenvalue weighted by atomic mass is 16.5. The van der Waals surface area contributed by atoms with Gasteiger partial charge in [0.2, 0.25) is 0 Å². The molecule has 2 nitrogen and oxygen atoms in total. The summed E-state index contributed by atoms with van der Waals surface area (Å²) in [5, 5.41) is 0. The van der Waals surface area contributed by atoms with E-state index < -0.39 is 0 Å². The van der Waals surface area contributed by atoms with Crippen LogP contribution in [0.15, 0.2) is 41.7 Å². The van der Waals surface area contributed by atoms with Gasteiger partial charge in [-0.2, -0.15) is 0 Å². The molecule has 0 unspecified atom stereocenters. The Morgan fingerprint density at radius 3 is 2.84 bits per heavy atom. The van der Waals surface area contributed by atoms with Crippen LogP contribution in [0.2, 0.25) is 0 Å². The number of hydrogen-bond acceptors (Lipinski definition) is 2. The van der Waals surface area contributed by atoms with E-state index in [0.29, 0.717) is 11.8 Å². The standard InChI is InChI=1S/C23H30O2/c1-15-13-21-18-6-5-16-14-17(25-4)7-10-22(16,2)20(18)8-11-23(21,3)19(15)9-12-24/h5,9,14,18-21H,1,6-8,10-11,13H2,2-4H3/t18-,19-,20+,21+,22+,23-/m1/s1. The lowest BCUT2D eigenvalue weighted by Gasteiger charge is -2.56. The number of methoxy groups -OCH3 is 1. The van der Waals surface area contributed by atoms with Crippen molar-refractivity contribution in [1.82, 2.24) is 0 Å². The maximum Gasteiger partial charge on any atom is 0.120 e. The van der Waals surface area contributed by atoms with Crippen molar-refractivity contribution >= 4 is 5.94 Å². The molecule has 0 aromatic rings. The normalized spacial score (nSPS) is 45.3. The zero-order chi connectivity index (χ0) is 17.8. The molecule has 4 rings (SSSR count). The quantitative estimate of drug-likeness (QED) is 0.507. The van der Waals surface area contributed by atoms with Gasteiger partial charge in [0.25, 0.3) is 0 Å². The Balaban J connectivity index is 1.70. The Morgan fingerprint density at radius 1 is 1.32 bits per heavy atom. The minimum absolute atomic E-state index is 0.194. The lowest BCUT2D eigenvalue weighted by Crippen LogP contribution is -2.49. The largest absolute Gasteiger partial charge is 0.501 e. The van der Waals surface area contributed by atoms with E-state index in [1.54, 1.807) is 13.2 Å². The third-order valence-electron chi connectivity index (χ3n) is 8.30. The molecule has 0 bridgehead atoms. The molecule has 25 heavy (non-hydrogen) atoms. The van der Waals surface area contributed by atoms with Crippen molar-refractivity contribution < 1.29 is 9.53 Å². The van der Waals surface area contributed by atoms with Gasteiger partial charge in [0.15, 0.2) is 0 Å². The van der Waals surface area contributed by atoms with Gasteiger partial charge in [-0.15, -0.1) is 0 Å². The van der Waals surface area contributed by atoms with Crippen molar-refractivity contribution in [3.8, 4) is 0 Å². The molecule has 0 heterocycles. The summed E-state index contributed by atoms with van der Waals surface area (Å²) in [6, 6.07) is 0. The van der Waals surface area contributed by atoms with Crippen molar-refractivity contribution in [1.29, 1.82) is 0 Å². The highest BCUT2D eigenvalue weighted by molar-refractivity contribution is 5.49. The molecule has 0 saturated heterocycles. The van der Waals surface area contributed by atoms with E-state index in [0.717, 1.165) is 30.9 Å². The first-order valence-electron chi connectivity index (χ1n) is 9.78. The van der Waals surface area contributed by atoms with Gasteiger partial charge in [0, 0.05) is 18.4 Å². The van der Waals surface area contributed by atoms with Crippen LogP contribution in [0.3, 0.4) is 0 Å². The zero-order valence-corrected chi connectivity index (χ0v) is 15.8. The lowest BCUT2D eigenvalue weighted by molar-refractivity contribution is -0.0300. The highest BCUT2D eigenvalue weighted by Crippen LogP contribution is 2.66. The number of fused-ring (bicyclic) bond motifs is 5. The Bertz CT molecular complexity index is 708. The van der Waals surface area contributed by atoms with Crippen LogP contribution in [0.25, 0.3) is 0 Å². The molecule has 4 aliphatic carbocycles. The molecule has 0 radical (unpaired) electrons. The van der Waals surface area contributed by atoms with Gasteiger partial charge in [-0.1, -0.05) is 32.1 Å². The molecule has 6 atom stereocenters. The van der Waals surface area contributed by atoms with Gasteiger partial charge < -0.3 is 4.74 Å². The fourth-order valence-corrected chi connectivity index (χ4v) is 6.83. The second-order valence-corrected chi connectivity index (χ2v) is 9.17. The third-order valence-corrected chi connectivity index (χ3v) is 8.30. The van der Waals surface area contributed by atoms with Crippen LogP contribution in [0.5, 0.6) is 0 Å². The first-order chi connectivity index (χ1) is 11.9. The van der Waals surface area contributed by atoms with Crippen molar-refractivity contribution in [3.63, 3.8) is 0 Å². The molecule has 0 N–H and O–H groups in total. The summed E-state index contributed by atoms with van der Waals surface area (Å²) in [6.07, 6.45) is 13.5. The minimum Gasteiger partial charge on any atom is -0.501 e. The summed E-state index contributed by atoms with van der Waals surface area (Å²) in [5.41, 5.74) is 3.23. The Labute approximate surface area is 151 Å². The SMILES string of the molecule is C=C1C[C@H]2[C@@H]3CC=C4C=C(OC)CC[C@]4(C)[C@H]3CC[C@]2(C)[C@@H]1C=C=O. The van der Waals surface area contributed by atoms with Gasteiger partial charge in [0.05, 0.1) is 12.9 Å². The predicted molar refractivity (Wildman–Crippen MR) is 100 cm³/mol. The first kappa shape index (κ1) is 16.9. The van der Waals surface area contributed by atoms with Gasteiger partial charge in [0.1, 0.15) is 5.94 Å². The van der Waals surface area contributed by atoms with Gasteiger partial charge in [-0.25, -0.2) is 4.79 Å². The van der Waals surface area contributed by atoms with E-state index in [1.807, 2.05) is 0 Å². The van der Waals surface area contributed by atoms with Gasteiger partial charge in [-0.05, 0) is 72.3 Å². The van der Waals surface area contributed by atoms with Crippen LogP contribution in [0, 0.1) is 34.5 Å². The fourth-order valence-electron chi connectivity index (χ4n) is 6.83. The molecule has 0 aromatic heterocycles. The summed E-state index contributed by atoms with van der Waals surface area (Å²) < 4.78 is 5.53. The third kappa shape index (κ3) is 2.27. The number of allylic oxidation sites excluding steroid dienone is 6. The van der Waals surface area contributed by atoms with Crippen LogP contribution in [-0.2, 0) is 9.53 Å². The second-order valence-electron chi connectivity index (χ2n) is 9.17. The molecule has 2 fully saturated rings.